The number of carbonyl (C=O) groups is 1. The van der Waals surface area contributed by atoms with Crippen LogP contribution in [0.4, 0.5) is 0 Å². The maximum Gasteiger partial charge on any atom is 0.257 e. The summed E-state index contributed by atoms with van der Waals surface area (Å²) < 4.78 is 0. The van der Waals surface area contributed by atoms with Crippen LogP contribution in [0, 0.1) is 5.92 Å². The zero-order chi connectivity index (χ0) is 7.98. The molecule has 60 valence electrons. The van der Waals surface area contributed by atoms with Gasteiger partial charge in [0.05, 0.1) is 13.2 Å². The number of nitrogens with two attached hydrogens (primary N) is 1. The first-order chi connectivity index (χ1) is 4.66. The van der Waals surface area contributed by atoms with Crippen molar-refractivity contribution in [3.05, 3.63) is 0 Å². The molecule has 3 N–H and O–H groups in total. The summed E-state index contributed by atoms with van der Waals surface area (Å²) in [6, 6.07) is 0. The van der Waals surface area contributed by atoms with E-state index >= 15 is 0 Å². The second-order valence-electron chi connectivity index (χ2n) is 2.43. The van der Waals surface area contributed by atoms with E-state index in [2.05, 4.69) is 5.48 Å². The highest BCUT2D eigenvalue weighted by Crippen LogP contribution is 1.88. The summed E-state index contributed by atoms with van der Waals surface area (Å²) >= 11 is 0. The van der Waals surface area contributed by atoms with Crippen molar-refractivity contribution in [3.8, 4) is 0 Å². The van der Waals surface area contributed by atoms with Crippen LogP contribution in [0.25, 0.3) is 0 Å². The average Bonchev–Trinajstić information content (AvgIpc) is 1.87. The van der Waals surface area contributed by atoms with Gasteiger partial charge in [0.1, 0.15) is 0 Å². The third kappa shape index (κ3) is 5.53. The van der Waals surface area contributed by atoms with Crippen LogP contribution in [0.5, 0.6) is 0 Å². The maximum atomic E-state index is 10.4. The van der Waals surface area contributed by atoms with Crippen molar-refractivity contribution in [3.63, 3.8) is 0 Å². The molecule has 0 atom stereocenters. The first-order valence-electron chi connectivity index (χ1n) is 3.27. The molecule has 0 radical (unpaired) electrons. The molecular weight excluding hydrogens is 132 g/mol. The Kier molecular flexibility index (Phi) is 4.88. The second kappa shape index (κ2) is 5.20. The molecule has 0 aliphatic heterocycles. The van der Waals surface area contributed by atoms with Gasteiger partial charge in [-0.3, -0.25) is 9.63 Å². The molecular formula is C6H14N2O2. The molecule has 0 rings (SSSR count). The number of hydrogen-bond acceptors (Lipinski definition) is 3. The average molecular weight is 146 g/mol. The Balaban J connectivity index is 3.12. The van der Waals surface area contributed by atoms with Crippen LogP contribution in [0.15, 0.2) is 0 Å². The third-order valence-electron chi connectivity index (χ3n) is 0.788. The van der Waals surface area contributed by atoms with Crippen molar-refractivity contribution in [2.75, 3.05) is 13.2 Å². The van der Waals surface area contributed by atoms with Gasteiger partial charge in [0.2, 0.25) is 0 Å². The fourth-order valence-corrected chi connectivity index (χ4v) is 0.330. The van der Waals surface area contributed by atoms with Crippen molar-refractivity contribution >= 4 is 5.91 Å². The van der Waals surface area contributed by atoms with Gasteiger partial charge in [-0.05, 0) is 5.92 Å². The highest BCUT2D eigenvalue weighted by Gasteiger charge is 1.96. The van der Waals surface area contributed by atoms with Crippen molar-refractivity contribution in [2.24, 2.45) is 11.7 Å². The molecule has 0 spiro atoms. The van der Waals surface area contributed by atoms with Crippen LogP contribution in [-0.2, 0) is 9.63 Å². The molecule has 0 bridgehead atoms. The molecule has 10 heavy (non-hydrogen) atoms. The summed E-state index contributed by atoms with van der Waals surface area (Å²) in [7, 11) is 0. The SMILES string of the molecule is CC(C)CONC(=O)CN. The number of amides is 1. The molecule has 0 saturated heterocycles. The summed E-state index contributed by atoms with van der Waals surface area (Å²) in [5, 5.41) is 0. The lowest BCUT2D eigenvalue weighted by Gasteiger charge is -2.05. The predicted octanol–water partition coefficient (Wildman–Crippen LogP) is -0.351. The standard InChI is InChI=1S/C6H14N2O2/c1-5(2)4-10-8-6(9)3-7/h5H,3-4,7H2,1-2H3,(H,8,9). The van der Waals surface area contributed by atoms with Gasteiger partial charge in [-0.15, -0.1) is 0 Å². The summed E-state index contributed by atoms with van der Waals surface area (Å²) in [6.07, 6.45) is 0. The molecule has 4 heteroatoms. The highest BCUT2D eigenvalue weighted by atomic mass is 16.6. The molecule has 0 aliphatic rings. The smallest absolute Gasteiger partial charge is 0.257 e. The van der Waals surface area contributed by atoms with Crippen LogP contribution < -0.4 is 11.2 Å². The fraction of sp³-hybridized carbons (Fsp3) is 0.833. The van der Waals surface area contributed by atoms with Gasteiger partial charge in [0, 0.05) is 0 Å². The van der Waals surface area contributed by atoms with Crippen LogP contribution in [0.2, 0.25) is 0 Å². The summed E-state index contributed by atoms with van der Waals surface area (Å²) in [4.78, 5) is 15.2. The lowest BCUT2D eigenvalue weighted by molar-refractivity contribution is -0.132. The Morgan fingerprint density at radius 2 is 2.30 bits per heavy atom. The van der Waals surface area contributed by atoms with Gasteiger partial charge < -0.3 is 5.73 Å². The number of hydroxylamine groups is 1. The van der Waals surface area contributed by atoms with Crippen molar-refractivity contribution in [2.45, 2.75) is 13.8 Å². The molecule has 0 aliphatic carbocycles. The van der Waals surface area contributed by atoms with Crippen LogP contribution in [0.3, 0.4) is 0 Å². The van der Waals surface area contributed by atoms with E-state index in [-0.39, 0.29) is 12.5 Å². The zero-order valence-corrected chi connectivity index (χ0v) is 6.39. The lowest BCUT2D eigenvalue weighted by atomic mass is 10.2. The van der Waals surface area contributed by atoms with Crippen molar-refractivity contribution < 1.29 is 9.63 Å². The quantitative estimate of drug-likeness (QED) is 0.533. The minimum atomic E-state index is -0.291. The Bertz CT molecular complexity index is 104. The molecule has 1 amide bonds. The van der Waals surface area contributed by atoms with Gasteiger partial charge in [0.15, 0.2) is 0 Å². The van der Waals surface area contributed by atoms with Crippen LogP contribution in [-0.4, -0.2) is 19.1 Å². The molecule has 0 aromatic carbocycles. The number of carbonyl (C=O) groups excluding carboxylic acids is 1. The molecule has 0 aromatic heterocycles. The van der Waals surface area contributed by atoms with E-state index in [1.807, 2.05) is 13.8 Å². The first-order valence-corrected chi connectivity index (χ1v) is 3.27. The van der Waals surface area contributed by atoms with E-state index in [1.54, 1.807) is 0 Å². The van der Waals surface area contributed by atoms with Crippen LogP contribution >= 0.6 is 0 Å². The third-order valence-corrected chi connectivity index (χ3v) is 0.788. The van der Waals surface area contributed by atoms with Crippen molar-refractivity contribution in [1.82, 2.24) is 5.48 Å². The van der Waals surface area contributed by atoms with E-state index in [9.17, 15) is 4.79 Å². The molecule has 0 heterocycles. The van der Waals surface area contributed by atoms with Crippen LogP contribution in [0.1, 0.15) is 13.8 Å². The number of rotatable bonds is 4. The molecule has 0 fully saturated rings. The second-order valence-corrected chi connectivity index (χ2v) is 2.43. The first kappa shape index (κ1) is 9.39. The zero-order valence-electron chi connectivity index (χ0n) is 6.39. The van der Waals surface area contributed by atoms with Crippen molar-refractivity contribution in [1.29, 1.82) is 0 Å². The number of nitrogens with one attached hydrogen (secondary N) is 1. The topological polar surface area (TPSA) is 64.3 Å². The Hall–Kier alpha value is -0.610. The summed E-state index contributed by atoms with van der Waals surface area (Å²) in [6.45, 7) is 4.48. The van der Waals surface area contributed by atoms with Gasteiger partial charge in [0.25, 0.3) is 5.91 Å². The highest BCUT2D eigenvalue weighted by molar-refractivity contribution is 5.76. The van der Waals surface area contributed by atoms with E-state index in [0.29, 0.717) is 12.5 Å². The molecule has 0 saturated carbocycles. The van der Waals surface area contributed by atoms with Gasteiger partial charge in [-0.25, -0.2) is 5.48 Å². The molecule has 0 aromatic rings. The Labute approximate surface area is 60.7 Å². The lowest BCUT2D eigenvalue weighted by Crippen LogP contribution is -2.31. The summed E-state index contributed by atoms with van der Waals surface area (Å²) in [5.74, 6) is 0.124. The van der Waals surface area contributed by atoms with E-state index in [0.717, 1.165) is 0 Å². The minimum Gasteiger partial charge on any atom is -0.322 e. The number of hydrogen-bond donors (Lipinski definition) is 2. The molecule has 4 nitrogen and oxygen atoms in total. The maximum absolute atomic E-state index is 10.4. The Morgan fingerprint density at radius 1 is 1.70 bits per heavy atom. The largest absolute Gasteiger partial charge is 0.322 e. The van der Waals surface area contributed by atoms with E-state index in [1.165, 1.54) is 0 Å². The van der Waals surface area contributed by atoms with E-state index in [4.69, 9.17) is 10.6 Å². The monoisotopic (exact) mass is 146 g/mol. The Morgan fingerprint density at radius 3 is 2.70 bits per heavy atom. The van der Waals surface area contributed by atoms with Gasteiger partial charge in [-0.2, -0.15) is 0 Å². The predicted molar refractivity (Wildman–Crippen MR) is 38.0 cm³/mol. The molecule has 0 unspecified atom stereocenters. The normalized spacial score (nSPS) is 10.0. The van der Waals surface area contributed by atoms with Gasteiger partial charge in [-0.1, -0.05) is 13.8 Å². The van der Waals surface area contributed by atoms with Gasteiger partial charge >= 0.3 is 0 Å². The fourth-order valence-electron chi connectivity index (χ4n) is 0.330. The minimum absolute atomic E-state index is 0.0297. The van der Waals surface area contributed by atoms with E-state index < -0.39 is 0 Å². The summed E-state index contributed by atoms with van der Waals surface area (Å²) in [5.41, 5.74) is 7.20.